The molecule has 15 heavy (non-hydrogen) atoms. The van der Waals surface area contributed by atoms with Gasteiger partial charge in [-0.25, -0.2) is 0 Å². The summed E-state index contributed by atoms with van der Waals surface area (Å²) in [7, 11) is 0. The normalized spacial score (nSPS) is 13.9. The van der Waals surface area contributed by atoms with Crippen LogP contribution in [-0.2, 0) is 6.42 Å². The van der Waals surface area contributed by atoms with E-state index in [0.717, 1.165) is 6.42 Å². The smallest absolute Gasteiger partial charge is 0.0183 e. The van der Waals surface area contributed by atoms with Crippen LogP contribution in [0, 0.1) is 5.41 Å². The summed E-state index contributed by atoms with van der Waals surface area (Å²) in [5.74, 6) is 0.668. The van der Waals surface area contributed by atoms with Crippen LogP contribution in [-0.4, -0.2) is 0 Å². The van der Waals surface area contributed by atoms with Gasteiger partial charge in [-0.3, -0.25) is 0 Å². The lowest BCUT2D eigenvalue weighted by atomic mass is 9.81. The van der Waals surface area contributed by atoms with Crippen molar-refractivity contribution < 1.29 is 0 Å². The summed E-state index contributed by atoms with van der Waals surface area (Å²) in [5.41, 5.74) is 3.46. The van der Waals surface area contributed by atoms with Gasteiger partial charge in [0, 0.05) is 0 Å². The van der Waals surface area contributed by atoms with Gasteiger partial charge in [-0.1, -0.05) is 58.9 Å². The molecule has 0 amide bonds. The fraction of sp³-hybridized carbons (Fsp3) is 0.600. The van der Waals surface area contributed by atoms with Crippen molar-refractivity contribution in [2.75, 3.05) is 0 Å². The first-order valence-corrected chi connectivity index (χ1v) is 6.02. The quantitative estimate of drug-likeness (QED) is 0.664. The van der Waals surface area contributed by atoms with Crippen molar-refractivity contribution in [1.82, 2.24) is 0 Å². The van der Waals surface area contributed by atoms with Crippen LogP contribution in [0.2, 0.25) is 0 Å². The van der Waals surface area contributed by atoms with Gasteiger partial charge in [0.2, 0.25) is 0 Å². The van der Waals surface area contributed by atoms with Crippen LogP contribution < -0.4 is 0 Å². The summed E-state index contributed by atoms with van der Waals surface area (Å²) in [6.45, 7) is 11.5. The summed E-state index contributed by atoms with van der Waals surface area (Å²) in [5, 5.41) is 0. The molecule has 0 aliphatic heterocycles. The van der Waals surface area contributed by atoms with Gasteiger partial charge in [0.1, 0.15) is 0 Å². The zero-order valence-corrected chi connectivity index (χ0v) is 10.8. The molecule has 0 radical (unpaired) electrons. The third-order valence-electron chi connectivity index (χ3n) is 2.89. The highest BCUT2D eigenvalue weighted by molar-refractivity contribution is 5.30. The molecule has 0 aliphatic rings. The number of hydrogen-bond acceptors (Lipinski definition) is 0. The molecule has 1 aromatic carbocycles. The predicted molar refractivity (Wildman–Crippen MR) is 68.3 cm³/mol. The van der Waals surface area contributed by atoms with Crippen molar-refractivity contribution in [2.45, 2.75) is 53.4 Å². The first-order valence-electron chi connectivity index (χ1n) is 6.02. The summed E-state index contributed by atoms with van der Waals surface area (Å²) in [6, 6.07) is 8.85. The second-order valence-corrected chi connectivity index (χ2v) is 5.72. The maximum Gasteiger partial charge on any atom is -0.0183 e. The highest BCUT2D eigenvalue weighted by Gasteiger charge is 2.17. The molecule has 0 nitrogen and oxygen atoms in total. The zero-order chi connectivity index (χ0) is 11.5. The van der Waals surface area contributed by atoms with E-state index in [0.29, 0.717) is 11.3 Å². The highest BCUT2D eigenvalue weighted by Crippen LogP contribution is 2.32. The lowest BCUT2D eigenvalue weighted by Crippen LogP contribution is -2.11. The maximum absolute atomic E-state index is 2.35. The molecule has 0 aromatic heterocycles. The fourth-order valence-electron chi connectivity index (χ4n) is 2.37. The van der Waals surface area contributed by atoms with Gasteiger partial charge in [-0.15, -0.1) is 0 Å². The molecule has 84 valence electrons. The molecule has 0 spiro atoms. The van der Waals surface area contributed by atoms with Crippen molar-refractivity contribution in [2.24, 2.45) is 5.41 Å². The van der Waals surface area contributed by atoms with Crippen molar-refractivity contribution in [3.8, 4) is 0 Å². The Hall–Kier alpha value is -0.780. The fourth-order valence-corrected chi connectivity index (χ4v) is 2.37. The summed E-state index contributed by atoms with van der Waals surface area (Å²) in [4.78, 5) is 0. The van der Waals surface area contributed by atoms with Gasteiger partial charge in [0.05, 0.1) is 0 Å². The van der Waals surface area contributed by atoms with Crippen LogP contribution in [0.5, 0.6) is 0 Å². The van der Waals surface area contributed by atoms with E-state index in [9.17, 15) is 0 Å². The summed E-state index contributed by atoms with van der Waals surface area (Å²) < 4.78 is 0. The third-order valence-corrected chi connectivity index (χ3v) is 2.89. The average molecular weight is 204 g/mol. The lowest BCUT2D eigenvalue weighted by molar-refractivity contribution is 0.348. The summed E-state index contributed by atoms with van der Waals surface area (Å²) >= 11 is 0. The highest BCUT2D eigenvalue weighted by atomic mass is 14.2. The molecule has 0 heterocycles. The van der Waals surface area contributed by atoms with Gasteiger partial charge in [-0.05, 0) is 35.3 Å². The molecule has 0 saturated carbocycles. The molecule has 0 bridgehead atoms. The van der Waals surface area contributed by atoms with Crippen LogP contribution >= 0.6 is 0 Å². The van der Waals surface area contributed by atoms with Crippen LogP contribution in [0.15, 0.2) is 24.3 Å². The van der Waals surface area contributed by atoms with Crippen LogP contribution in [0.1, 0.15) is 58.1 Å². The number of rotatable bonds is 3. The van der Waals surface area contributed by atoms with E-state index >= 15 is 0 Å². The Bertz CT molecular complexity index is 304. The molecule has 0 aliphatic carbocycles. The van der Waals surface area contributed by atoms with Crippen molar-refractivity contribution in [1.29, 1.82) is 0 Å². The second-order valence-electron chi connectivity index (χ2n) is 5.72. The van der Waals surface area contributed by atoms with E-state index < -0.39 is 0 Å². The monoisotopic (exact) mass is 204 g/mol. The van der Waals surface area contributed by atoms with E-state index in [1.54, 1.807) is 0 Å². The molecular formula is C15H24. The van der Waals surface area contributed by atoms with Crippen LogP contribution in [0.25, 0.3) is 0 Å². The van der Waals surface area contributed by atoms with Gasteiger partial charge in [-0.2, -0.15) is 0 Å². The minimum absolute atomic E-state index is 0.417. The molecule has 1 aromatic rings. The SMILES string of the molecule is CCc1ccccc1C(C)CC(C)(C)C. The Balaban J connectivity index is 2.86. The maximum atomic E-state index is 2.35. The van der Waals surface area contributed by atoms with Gasteiger partial charge < -0.3 is 0 Å². The van der Waals surface area contributed by atoms with Gasteiger partial charge in [0.15, 0.2) is 0 Å². The lowest BCUT2D eigenvalue weighted by Gasteiger charge is -2.25. The first kappa shape index (κ1) is 12.3. The minimum atomic E-state index is 0.417. The second kappa shape index (κ2) is 4.83. The average Bonchev–Trinajstić information content (AvgIpc) is 2.15. The standard InChI is InChI=1S/C15H24/c1-6-13-9-7-8-10-14(13)12(2)11-15(3,4)5/h7-10,12H,6,11H2,1-5H3. The Labute approximate surface area is 94.7 Å². The molecule has 0 fully saturated rings. The van der Waals surface area contributed by atoms with Crippen molar-refractivity contribution >= 4 is 0 Å². The Morgan fingerprint density at radius 3 is 2.27 bits per heavy atom. The minimum Gasteiger partial charge on any atom is -0.0620 e. The van der Waals surface area contributed by atoms with Crippen molar-refractivity contribution in [3.05, 3.63) is 35.4 Å². The molecule has 1 rings (SSSR count). The van der Waals surface area contributed by atoms with E-state index in [1.807, 2.05) is 0 Å². The topological polar surface area (TPSA) is 0 Å². The Kier molecular flexibility index (Phi) is 3.96. The number of hydrogen-bond donors (Lipinski definition) is 0. The molecule has 1 unspecified atom stereocenters. The first-order chi connectivity index (χ1) is 6.94. The predicted octanol–water partition coefficient (Wildman–Crippen LogP) is 4.79. The molecular weight excluding hydrogens is 180 g/mol. The molecule has 1 atom stereocenters. The van der Waals surface area contributed by atoms with Crippen LogP contribution in [0.4, 0.5) is 0 Å². The van der Waals surface area contributed by atoms with Crippen LogP contribution in [0.3, 0.4) is 0 Å². The summed E-state index contributed by atoms with van der Waals surface area (Å²) in [6.07, 6.45) is 2.40. The molecule has 0 heteroatoms. The Morgan fingerprint density at radius 2 is 1.73 bits per heavy atom. The number of aryl methyl sites for hydroxylation is 1. The van der Waals surface area contributed by atoms with E-state index in [2.05, 4.69) is 58.9 Å². The van der Waals surface area contributed by atoms with E-state index in [4.69, 9.17) is 0 Å². The number of benzene rings is 1. The van der Waals surface area contributed by atoms with Crippen molar-refractivity contribution in [3.63, 3.8) is 0 Å². The van der Waals surface area contributed by atoms with Gasteiger partial charge in [0.25, 0.3) is 0 Å². The van der Waals surface area contributed by atoms with Gasteiger partial charge >= 0.3 is 0 Å². The van der Waals surface area contributed by atoms with E-state index in [-0.39, 0.29) is 0 Å². The molecule has 0 saturated heterocycles. The third kappa shape index (κ3) is 3.70. The Morgan fingerprint density at radius 1 is 1.13 bits per heavy atom. The zero-order valence-electron chi connectivity index (χ0n) is 10.8. The van der Waals surface area contributed by atoms with E-state index in [1.165, 1.54) is 17.5 Å². The molecule has 0 N–H and O–H groups in total. The largest absolute Gasteiger partial charge is 0.0620 e.